The zero-order chi connectivity index (χ0) is 16.4. The van der Waals surface area contributed by atoms with Gasteiger partial charge in [0.2, 0.25) is 10.0 Å². The molecule has 0 aromatic heterocycles. The molecular formula is C18H31NO2S. The molecule has 0 saturated carbocycles. The standard InChI is InChI=1S/C18H31NO2S/c1-4-6-8-9-10-16(3)19-22(20,21)18-14-12-17(13-15-18)11-7-5-2/h12-16,19H,4-11H2,1-3H3. The van der Waals surface area contributed by atoms with E-state index in [0.29, 0.717) is 4.90 Å². The van der Waals surface area contributed by atoms with E-state index in [1.54, 1.807) is 12.1 Å². The minimum Gasteiger partial charge on any atom is -0.208 e. The van der Waals surface area contributed by atoms with E-state index < -0.39 is 10.0 Å². The summed E-state index contributed by atoms with van der Waals surface area (Å²) in [6.07, 6.45) is 8.87. The number of hydrogen-bond acceptors (Lipinski definition) is 2. The van der Waals surface area contributed by atoms with Crippen molar-refractivity contribution >= 4 is 10.0 Å². The van der Waals surface area contributed by atoms with Crippen molar-refractivity contribution in [3.05, 3.63) is 29.8 Å². The Morgan fingerprint density at radius 3 is 2.18 bits per heavy atom. The molecule has 0 amide bonds. The Balaban J connectivity index is 2.54. The molecule has 0 saturated heterocycles. The SMILES string of the molecule is CCCCCCC(C)NS(=O)(=O)c1ccc(CCCC)cc1. The van der Waals surface area contributed by atoms with Crippen molar-refractivity contribution in [1.82, 2.24) is 4.72 Å². The van der Waals surface area contributed by atoms with Crippen LogP contribution in [0.15, 0.2) is 29.2 Å². The summed E-state index contributed by atoms with van der Waals surface area (Å²) in [5.74, 6) is 0. The van der Waals surface area contributed by atoms with Crippen LogP contribution in [0, 0.1) is 0 Å². The second-order valence-electron chi connectivity index (χ2n) is 6.12. The van der Waals surface area contributed by atoms with Crippen LogP contribution in [0.2, 0.25) is 0 Å². The zero-order valence-electron chi connectivity index (χ0n) is 14.3. The fraction of sp³-hybridized carbons (Fsp3) is 0.667. The molecule has 1 atom stereocenters. The molecule has 0 fully saturated rings. The molecule has 0 radical (unpaired) electrons. The quantitative estimate of drug-likeness (QED) is 0.601. The Morgan fingerprint density at radius 2 is 1.59 bits per heavy atom. The average molecular weight is 326 g/mol. The molecule has 0 bridgehead atoms. The van der Waals surface area contributed by atoms with Gasteiger partial charge in [0.1, 0.15) is 0 Å². The molecular weight excluding hydrogens is 294 g/mol. The van der Waals surface area contributed by atoms with Gasteiger partial charge in [0.05, 0.1) is 4.90 Å². The highest BCUT2D eigenvalue weighted by atomic mass is 32.2. The average Bonchev–Trinajstić information content (AvgIpc) is 2.49. The lowest BCUT2D eigenvalue weighted by molar-refractivity contribution is 0.522. The molecule has 126 valence electrons. The molecule has 3 nitrogen and oxygen atoms in total. The van der Waals surface area contributed by atoms with Crippen LogP contribution in [0.4, 0.5) is 0 Å². The van der Waals surface area contributed by atoms with Gasteiger partial charge >= 0.3 is 0 Å². The molecule has 1 aromatic carbocycles. The van der Waals surface area contributed by atoms with E-state index in [0.717, 1.165) is 32.1 Å². The van der Waals surface area contributed by atoms with E-state index in [2.05, 4.69) is 18.6 Å². The van der Waals surface area contributed by atoms with Gasteiger partial charge in [-0.15, -0.1) is 0 Å². The monoisotopic (exact) mass is 325 g/mol. The highest BCUT2D eigenvalue weighted by molar-refractivity contribution is 7.89. The first-order valence-electron chi connectivity index (χ1n) is 8.60. The molecule has 0 heterocycles. The van der Waals surface area contributed by atoms with Crippen molar-refractivity contribution in [2.24, 2.45) is 0 Å². The fourth-order valence-corrected chi connectivity index (χ4v) is 3.76. The van der Waals surface area contributed by atoms with Gasteiger partial charge in [-0.3, -0.25) is 0 Å². The van der Waals surface area contributed by atoms with Crippen LogP contribution in [-0.4, -0.2) is 14.5 Å². The smallest absolute Gasteiger partial charge is 0.208 e. The zero-order valence-corrected chi connectivity index (χ0v) is 15.1. The number of benzene rings is 1. The Hall–Kier alpha value is -0.870. The number of aryl methyl sites for hydroxylation is 1. The second-order valence-corrected chi connectivity index (χ2v) is 7.83. The van der Waals surface area contributed by atoms with Crippen LogP contribution >= 0.6 is 0 Å². The topological polar surface area (TPSA) is 46.2 Å². The molecule has 0 spiro atoms. The van der Waals surface area contributed by atoms with Crippen LogP contribution in [0.3, 0.4) is 0 Å². The first-order chi connectivity index (χ1) is 10.5. The van der Waals surface area contributed by atoms with E-state index in [1.165, 1.54) is 24.8 Å². The lowest BCUT2D eigenvalue weighted by Gasteiger charge is -2.14. The maximum absolute atomic E-state index is 12.3. The molecule has 1 N–H and O–H groups in total. The van der Waals surface area contributed by atoms with E-state index in [-0.39, 0.29) is 6.04 Å². The maximum atomic E-state index is 12.3. The van der Waals surface area contributed by atoms with E-state index in [1.807, 2.05) is 19.1 Å². The predicted molar refractivity (Wildman–Crippen MR) is 93.6 cm³/mol. The van der Waals surface area contributed by atoms with Crippen molar-refractivity contribution < 1.29 is 8.42 Å². The largest absolute Gasteiger partial charge is 0.240 e. The molecule has 4 heteroatoms. The molecule has 1 unspecified atom stereocenters. The number of rotatable bonds is 11. The molecule has 22 heavy (non-hydrogen) atoms. The number of hydrogen-bond donors (Lipinski definition) is 1. The predicted octanol–water partition coefficient (Wildman–Crippen LogP) is 4.67. The van der Waals surface area contributed by atoms with Crippen molar-refractivity contribution in [2.45, 2.75) is 83.1 Å². The first kappa shape index (κ1) is 19.2. The third-order valence-corrected chi connectivity index (χ3v) is 5.51. The number of nitrogens with one attached hydrogen (secondary N) is 1. The molecule has 0 aliphatic heterocycles. The van der Waals surface area contributed by atoms with Crippen molar-refractivity contribution in [3.8, 4) is 0 Å². The van der Waals surface area contributed by atoms with Crippen LogP contribution in [-0.2, 0) is 16.4 Å². The molecule has 0 aliphatic carbocycles. The summed E-state index contributed by atoms with van der Waals surface area (Å²) in [6.45, 7) is 6.28. The van der Waals surface area contributed by atoms with Crippen molar-refractivity contribution in [1.29, 1.82) is 0 Å². The third kappa shape index (κ3) is 6.93. The van der Waals surface area contributed by atoms with Gasteiger partial charge in [-0.2, -0.15) is 0 Å². The van der Waals surface area contributed by atoms with Crippen molar-refractivity contribution in [3.63, 3.8) is 0 Å². The minimum absolute atomic E-state index is 0.0124. The number of unbranched alkanes of at least 4 members (excludes halogenated alkanes) is 4. The highest BCUT2D eigenvalue weighted by Gasteiger charge is 2.16. The second kappa shape index (κ2) is 10.0. The molecule has 1 rings (SSSR count). The summed E-state index contributed by atoms with van der Waals surface area (Å²) in [7, 11) is -3.39. The summed E-state index contributed by atoms with van der Waals surface area (Å²) < 4.78 is 27.5. The maximum Gasteiger partial charge on any atom is 0.240 e. The summed E-state index contributed by atoms with van der Waals surface area (Å²) in [5, 5.41) is 0. The van der Waals surface area contributed by atoms with Crippen molar-refractivity contribution in [2.75, 3.05) is 0 Å². The Kier molecular flexibility index (Phi) is 8.72. The van der Waals surface area contributed by atoms with E-state index in [4.69, 9.17) is 0 Å². The lowest BCUT2D eigenvalue weighted by Crippen LogP contribution is -2.32. The normalized spacial score (nSPS) is 13.2. The summed E-state index contributed by atoms with van der Waals surface area (Å²) >= 11 is 0. The first-order valence-corrected chi connectivity index (χ1v) is 10.1. The molecule has 0 aliphatic rings. The fourth-order valence-electron chi connectivity index (χ4n) is 2.49. The van der Waals surface area contributed by atoms with Crippen LogP contribution in [0.25, 0.3) is 0 Å². The van der Waals surface area contributed by atoms with Crippen LogP contribution in [0.5, 0.6) is 0 Å². The van der Waals surface area contributed by atoms with Gasteiger partial charge in [0.15, 0.2) is 0 Å². The van der Waals surface area contributed by atoms with E-state index >= 15 is 0 Å². The Labute approximate surface area is 136 Å². The van der Waals surface area contributed by atoms with Gasteiger partial charge in [-0.05, 0) is 43.9 Å². The lowest BCUT2D eigenvalue weighted by atomic mass is 10.1. The van der Waals surface area contributed by atoms with Gasteiger partial charge in [-0.1, -0.05) is 58.1 Å². The minimum atomic E-state index is -3.39. The van der Waals surface area contributed by atoms with Gasteiger partial charge in [0, 0.05) is 6.04 Å². The summed E-state index contributed by atoms with van der Waals surface area (Å²) in [6, 6.07) is 7.28. The van der Waals surface area contributed by atoms with Gasteiger partial charge in [0.25, 0.3) is 0 Å². The highest BCUT2D eigenvalue weighted by Crippen LogP contribution is 2.14. The summed E-state index contributed by atoms with van der Waals surface area (Å²) in [5.41, 5.74) is 1.20. The number of sulfonamides is 1. The Bertz CT molecular complexity index is 508. The van der Waals surface area contributed by atoms with Gasteiger partial charge < -0.3 is 0 Å². The third-order valence-electron chi connectivity index (χ3n) is 3.90. The van der Waals surface area contributed by atoms with E-state index in [9.17, 15) is 8.42 Å². The summed E-state index contributed by atoms with van der Waals surface area (Å²) in [4.78, 5) is 0.369. The Morgan fingerprint density at radius 1 is 0.955 bits per heavy atom. The van der Waals surface area contributed by atoms with Gasteiger partial charge in [-0.25, -0.2) is 13.1 Å². The van der Waals surface area contributed by atoms with Crippen LogP contribution in [0.1, 0.15) is 71.3 Å². The van der Waals surface area contributed by atoms with Crippen LogP contribution < -0.4 is 4.72 Å². The molecule has 1 aromatic rings.